The highest BCUT2D eigenvalue weighted by Gasteiger charge is 2.55. The van der Waals surface area contributed by atoms with Gasteiger partial charge in [-0.3, -0.25) is 14.7 Å². The summed E-state index contributed by atoms with van der Waals surface area (Å²) in [6.45, 7) is 6.90. The zero-order chi connectivity index (χ0) is 16.9. The van der Waals surface area contributed by atoms with Crippen molar-refractivity contribution in [2.75, 3.05) is 26.2 Å². The Labute approximate surface area is 143 Å². The topological polar surface area (TPSA) is 82.2 Å². The number of likely N-dealkylation sites (tertiary alicyclic amines) is 2. The van der Waals surface area contributed by atoms with Crippen molar-refractivity contribution in [3.05, 3.63) is 34.0 Å². The first-order valence-electron chi connectivity index (χ1n) is 8.01. The second-order valence-corrected chi connectivity index (χ2v) is 7.92. The summed E-state index contributed by atoms with van der Waals surface area (Å²) in [4.78, 5) is 32.3. The molecule has 1 spiro atoms. The van der Waals surface area contributed by atoms with Crippen molar-refractivity contribution in [3.8, 4) is 0 Å². The Hall–Kier alpha value is -2.22. The number of hydrogen-bond acceptors (Lipinski definition) is 5. The Kier molecular flexibility index (Phi) is 3.45. The van der Waals surface area contributed by atoms with Crippen molar-refractivity contribution in [2.45, 2.75) is 19.8 Å². The first kappa shape index (κ1) is 15.3. The molecule has 0 bridgehead atoms. The lowest BCUT2D eigenvalue weighted by Crippen LogP contribution is -2.73. The second kappa shape index (κ2) is 5.41. The van der Waals surface area contributed by atoms with Crippen molar-refractivity contribution >= 4 is 23.2 Å². The third kappa shape index (κ3) is 2.41. The van der Waals surface area contributed by atoms with Crippen LogP contribution in [0.1, 0.15) is 45.7 Å². The molecule has 2 aromatic rings. The van der Waals surface area contributed by atoms with Gasteiger partial charge in [-0.25, -0.2) is 4.98 Å². The molecular formula is C16H19N5O2S. The average Bonchev–Trinajstić information content (AvgIpc) is 3.15. The summed E-state index contributed by atoms with van der Waals surface area (Å²) in [6.07, 6.45) is 1.65. The summed E-state index contributed by atoms with van der Waals surface area (Å²) in [5.74, 6) is 0.279. The van der Waals surface area contributed by atoms with Crippen LogP contribution in [0.5, 0.6) is 0 Å². The second-order valence-electron chi connectivity index (χ2n) is 7.02. The Balaban J connectivity index is 1.32. The molecule has 2 saturated heterocycles. The molecule has 2 amide bonds. The van der Waals surface area contributed by atoms with Crippen LogP contribution in [0.15, 0.2) is 17.6 Å². The van der Waals surface area contributed by atoms with Crippen LogP contribution in [0, 0.1) is 5.41 Å². The number of thiazole rings is 1. The van der Waals surface area contributed by atoms with Gasteiger partial charge in [0.1, 0.15) is 5.69 Å². The molecular weight excluding hydrogens is 326 g/mol. The van der Waals surface area contributed by atoms with E-state index < -0.39 is 0 Å². The minimum atomic E-state index is -0.0338. The van der Waals surface area contributed by atoms with Gasteiger partial charge in [0, 0.05) is 48.9 Å². The van der Waals surface area contributed by atoms with E-state index in [1.165, 1.54) is 11.3 Å². The van der Waals surface area contributed by atoms with E-state index in [4.69, 9.17) is 0 Å². The lowest BCUT2D eigenvalue weighted by Gasteiger charge is -2.59. The summed E-state index contributed by atoms with van der Waals surface area (Å²) in [5.41, 5.74) is 1.51. The highest BCUT2D eigenvalue weighted by atomic mass is 32.1. The number of nitrogens with one attached hydrogen (secondary N) is 1. The Morgan fingerprint density at radius 1 is 1.21 bits per heavy atom. The third-order valence-electron chi connectivity index (χ3n) is 4.73. The predicted molar refractivity (Wildman–Crippen MR) is 89.0 cm³/mol. The van der Waals surface area contributed by atoms with Crippen LogP contribution in [0.3, 0.4) is 0 Å². The summed E-state index contributed by atoms with van der Waals surface area (Å²) >= 11 is 1.36. The molecule has 0 aliphatic carbocycles. The van der Waals surface area contributed by atoms with Crippen LogP contribution < -0.4 is 0 Å². The van der Waals surface area contributed by atoms with Crippen molar-refractivity contribution < 1.29 is 9.59 Å². The quantitative estimate of drug-likeness (QED) is 0.916. The maximum absolute atomic E-state index is 12.4. The monoisotopic (exact) mass is 345 g/mol. The van der Waals surface area contributed by atoms with Gasteiger partial charge in [-0.1, -0.05) is 13.8 Å². The van der Waals surface area contributed by atoms with E-state index in [-0.39, 0.29) is 17.2 Å². The largest absolute Gasteiger partial charge is 0.336 e. The lowest BCUT2D eigenvalue weighted by molar-refractivity contribution is -0.0823. The Bertz CT molecular complexity index is 768. The normalized spacial score (nSPS) is 18.6. The zero-order valence-corrected chi connectivity index (χ0v) is 14.5. The van der Waals surface area contributed by atoms with Gasteiger partial charge in [0.05, 0.1) is 0 Å². The number of H-pyrrole nitrogens is 1. The minimum absolute atomic E-state index is 0.00530. The van der Waals surface area contributed by atoms with Gasteiger partial charge < -0.3 is 9.80 Å². The van der Waals surface area contributed by atoms with Gasteiger partial charge in [0.15, 0.2) is 5.01 Å². The number of aromatic amines is 1. The van der Waals surface area contributed by atoms with Crippen LogP contribution >= 0.6 is 11.3 Å². The van der Waals surface area contributed by atoms with Crippen molar-refractivity contribution in [2.24, 2.45) is 5.41 Å². The average molecular weight is 345 g/mol. The van der Waals surface area contributed by atoms with E-state index in [1.54, 1.807) is 6.20 Å². The number of aromatic nitrogens is 3. The fourth-order valence-corrected chi connectivity index (χ4v) is 3.98. The molecule has 0 atom stereocenters. The minimum Gasteiger partial charge on any atom is -0.336 e. The predicted octanol–water partition coefficient (Wildman–Crippen LogP) is 1.59. The van der Waals surface area contributed by atoms with Gasteiger partial charge >= 0.3 is 0 Å². The number of rotatable bonds is 3. The molecule has 7 nitrogen and oxygen atoms in total. The van der Waals surface area contributed by atoms with Crippen LogP contribution in [0.4, 0.5) is 0 Å². The van der Waals surface area contributed by atoms with E-state index in [0.717, 1.165) is 5.69 Å². The fourth-order valence-electron chi connectivity index (χ4n) is 3.38. The molecule has 126 valence electrons. The van der Waals surface area contributed by atoms with E-state index in [2.05, 4.69) is 29.0 Å². The molecule has 0 saturated carbocycles. The van der Waals surface area contributed by atoms with E-state index in [9.17, 15) is 9.59 Å². The van der Waals surface area contributed by atoms with Gasteiger partial charge in [0.2, 0.25) is 0 Å². The molecule has 4 heterocycles. The summed E-state index contributed by atoms with van der Waals surface area (Å²) in [7, 11) is 0. The summed E-state index contributed by atoms with van der Waals surface area (Å²) in [5, 5.41) is 9.38. The highest BCUT2D eigenvalue weighted by Crippen LogP contribution is 2.40. The van der Waals surface area contributed by atoms with Crippen LogP contribution in [0.25, 0.3) is 0 Å². The van der Waals surface area contributed by atoms with E-state index >= 15 is 0 Å². The van der Waals surface area contributed by atoms with Gasteiger partial charge in [-0.15, -0.1) is 11.3 Å². The molecule has 2 aliphatic rings. The molecule has 2 aromatic heterocycles. The smallest absolute Gasteiger partial charge is 0.282 e. The van der Waals surface area contributed by atoms with Gasteiger partial charge in [0.25, 0.3) is 11.8 Å². The van der Waals surface area contributed by atoms with Crippen LogP contribution in [-0.4, -0.2) is 63.0 Å². The highest BCUT2D eigenvalue weighted by molar-refractivity contribution is 7.11. The molecule has 8 heteroatoms. The maximum Gasteiger partial charge on any atom is 0.282 e. The summed E-state index contributed by atoms with van der Waals surface area (Å²) < 4.78 is 0. The standard InChI is InChI=1S/C16H19N5O2S/c1-10(2)11-5-12(19-18-11)14(22)20-6-16(7-20)8-21(9-16)15(23)13-17-3-4-24-13/h3-5,10H,6-9H2,1-2H3,(H,18,19). The third-order valence-corrected chi connectivity index (χ3v) is 5.49. The first-order chi connectivity index (χ1) is 11.5. The van der Waals surface area contributed by atoms with Gasteiger partial charge in [-0.2, -0.15) is 5.10 Å². The van der Waals surface area contributed by atoms with Crippen molar-refractivity contribution in [1.29, 1.82) is 0 Å². The zero-order valence-electron chi connectivity index (χ0n) is 13.7. The molecule has 24 heavy (non-hydrogen) atoms. The van der Waals surface area contributed by atoms with E-state index in [0.29, 0.717) is 42.8 Å². The molecule has 1 N–H and O–H groups in total. The Morgan fingerprint density at radius 2 is 1.88 bits per heavy atom. The molecule has 0 aromatic carbocycles. The number of carbonyl (C=O) groups excluding carboxylic acids is 2. The van der Waals surface area contributed by atoms with Gasteiger partial charge in [-0.05, 0) is 12.0 Å². The van der Waals surface area contributed by atoms with Crippen LogP contribution in [0.2, 0.25) is 0 Å². The summed E-state index contributed by atoms with van der Waals surface area (Å²) in [6, 6.07) is 1.83. The van der Waals surface area contributed by atoms with Crippen molar-refractivity contribution in [1.82, 2.24) is 25.0 Å². The van der Waals surface area contributed by atoms with E-state index in [1.807, 2.05) is 21.2 Å². The molecule has 2 aliphatic heterocycles. The fraction of sp³-hybridized carbons (Fsp3) is 0.500. The lowest BCUT2D eigenvalue weighted by atomic mass is 9.72. The molecule has 0 radical (unpaired) electrons. The SMILES string of the molecule is CC(C)c1cc(C(=O)N2CC3(C2)CN(C(=O)c2nccs2)C3)n[nH]1. The number of nitrogens with zero attached hydrogens (tertiary/aromatic N) is 4. The Morgan fingerprint density at radius 3 is 2.42 bits per heavy atom. The van der Waals surface area contributed by atoms with Crippen LogP contribution in [-0.2, 0) is 0 Å². The molecule has 2 fully saturated rings. The molecule has 0 unspecified atom stereocenters. The van der Waals surface area contributed by atoms with Crippen molar-refractivity contribution in [3.63, 3.8) is 0 Å². The first-order valence-corrected chi connectivity index (χ1v) is 8.89. The maximum atomic E-state index is 12.4. The number of carbonyl (C=O) groups is 2. The molecule has 4 rings (SSSR count). The number of amides is 2. The number of hydrogen-bond donors (Lipinski definition) is 1.